The molecule has 0 bridgehead atoms. The zero-order valence-corrected chi connectivity index (χ0v) is 23.4. The van der Waals surface area contributed by atoms with Gasteiger partial charge in [0.05, 0.1) is 0 Å². The van der Waals surface area contributed by atoms with Crippen molar-refractivity contribution in [2.24, 2.45) is 5.92 Å². The number of alkyl carbamates (subject to hydrolysis) is 1. The largest absolute Gasteiger partial charge is 0.444 e. The van der Waals surface area contributed by atoms with Crippen LogP contribution in [0, 0.1) is 5.92 Å². The third kappa shape index (κ3) is 8.43. The Bertz CT molecular complexity index is 1300. The first-order valence-electron chi connectivity index (χ1n) is 13.2. The second kappa shape index (κ2) is 13.1. The number of anilines is 1. The lowest BCUT2D eigenvalue weighted by Gasteiger charge is -2.34. The number of nitrogens with one attached hydrogen (secondary N) is 2. The molecule has 7 nitrogen and oxygen atoms in total. The summed E-state index contributed by atoms with van der Waals surface area (Å²) in [5.41, 5.74) is 0.547. The molecule has 2 atom stereocenters. The standard InChI is InChI=1S/C32H39N3O4/c1-7-19-35(30(37)27(20-22(2)3)34-31(38)39-32(4,5)6)28(24-14-9-8-10-15-24)29(36)33-26-18-17-23-13-11-12-16-25(23)21-26/h7-18,21-22,27-28H,1,19-20H2,2-6H3,(H,33,36)(H,34,38). The Labute approximate surface area is 231 Å². The third-order valence-electron chi connectivity index (χ3n) is 6.00. The van der Waals surface area contributed by atoms with E-state index in [1.54, 1.807) is 26.8 Å². The Hall–Kier alpha value is -4.13. The van der Waals surface area contributed by atoms with Gasteiger partial charge in [-0.05, 0) is 61.6 Å². The highest BCUT2D eigenvalue weighted by molar-refractivity contribution is 6.00. The van der Waals surface area contributed by atoms with Gasteiger partial charge in [-0.25, -0.2) is 4.79 Å². The van der Waals surface area contributed by atoms with Crippen molar-refractivity contribution >= 4 is 34.4 Å². The molecule has 3 rings (SSSR count). The van der Waals surface area contributed by atoms with Gasteiger partial charge < -0.3 is 20.3 Å². The normalized spacial score (nSPS) is 12.9. The summed E-state index contributed by atoms with van der Waals surface area (Å²) >= 11 is 0. The molecule has 0 aliphatic rings. The van der Waals surface area contributed by atoms with E-state index in [4.69, 9.17) is 4.74 Å². The number of nitrogens with zero attached hydrogens (tertiary/aromatic N) is 1. The SMILES string of the molecule is C=CCN(C(=O)C(CC(C)C)NC(=O)OC(C)(C)C)C(C(=O)Nc1ccc2ccccc2c1)c1ccccc1. The lowest BCUT2D eigenvalue weighted by molar-refractivity contribution is -0.140. The molecule has 0 aromatic heterocycles. The molecular formula is C32H39N3O4. The van der Waals surface area contributed by atoms with Crippen molar-refractivity contribution < 1.29 is 19.1 Å². The molecular weight excluding hydrogens is 490 g/mol. The first-order valence-corrected chi connectivity index (χ1v) is 13.2. The fourth-order valence-electron chi connectivity index (χ4n) is 4.39. The molecule has 3 amide bonds. The molecule has 0 spiro atoms. The van der Waals surface area contributed by atoms with E-state index < -0.39 is 29.7 Å². The quantitative estimate of drug-likeness (QED) is 0.295. The number of amides is 3. The predicted molar refractivity (Wildman–Crippen MR) is 156 cm³/mol. The van der Waals surface area contributed by atoms with Crippen molar-refractivity contribution in [3.63, 3.8) is 0 Å². The van der Waals surface area contributed by atoms with E-state index in [1.807, 2.05) is 86.6 Å². The highest BCUT2D eigenvalue weighted by atomic mass is 16.6. The number of fused-ring (bicyclic) bond motifs is 1. The van der Waals surface area contributed by atoms with Crippen molar-refractivity contribution in [1.82, 2.24) is 10.2 Å². The van der Waals surface area contributed by atoms with Gasteiger partial charge in [-0.15, -0.1) is 6.58 Å². The minimum Gasteiger partial charge on any atom is -0.444 e. The molecule has 7 heteroatoms. The summed E-state index contributed by atoms with van der Waals surface area (Å²) < 4.78 is 5.43. The van der Waals surface area contributed by atoms with Gasteiger partial charge in [0, 0.05) is 12.2 Å². The Morgan fingerprint density at radius 3 is 2.21 bits per heavy atom. The summed E-state index contributed by atoms with van der Waals surface area (Å²) in [4.78, 5) is 42.0. The second-order valence-corrected chi connectivity index (χ2v) is 11.0. The number of carbonyl (C=O) groups is 3. The molecule has 0 radical (unpaired) electrons. The summed E-state index contributed by atoms with van der Waals surface area (Å²) in [6, 6.07) is 20.9. The summed E-state index contributed by atoms with van der Waals surface area (Å²) in [6.07, 6.45) is 1.27. The molecule has 0 aliphatic heterocycles. The first-order chi connectivity index (χ1) is 18.5. The average Bonchev–Trinajstić information content (AvgIpc) is 2.87. The molecule has 206 valence electrons. The number of ether oxygens (including phenoxy) is 1. The summed E-state index contributed by atoms with van der Waals surface area (Å²) in [6.45, 7) is 13.2. The van der Waals surface area contributed by atoms with Gasteiger partial charge in [0.1, 0.15) is 17.7 Å². The molecule has 3 aromatic rings. The Morgan fingerprint density at radius 2 is 1.59 bits per heavy atom. The zero-order valence-electron chi connectivity index (χ0n) is 23.4. The predicted octanol–water partition coefficient (Wildman–Crippen LogP) is 6.47. The Balaban J connectivity index is 1.97. The fourth-order valence-corrected chi connectivity index (χ4v) is 4.39. The van der Waals surface area contributed by atoms with Gasteiger partial charge in [-0.2, -0.15) is 0 Å². The van der Waals surface area contributed by atoms with E-state index in [-0.39, 0.29) is 18.4 Å². The maximum absolute atomic E-state index is 14.0. The third-order valence-corrected chi connectivity index (χ3v) is 6.00. The highest BCUT2D eigenvalue weighted by Crippen LogP contribution is 2.26. The molecule has 2 N–H and O–H groups in total. The maximum atomic E-state index is 14.0. The minimum atomic E-state index is -0.960. The zero-order chi connectivity index (χ0) is 28.6. The van der Waals surface area contributed by atoms with E-state index in [9.17, 15) is 14.4 Å². The van der Waals surface area contributed by atoms with E-state index in [1.165, 1.54) is 4.90 Å². The van der Waals surface area contributed by atoms with Crippen molar-refractivity contribution in [2.45, 2.75) is 58.7 Å². The average molecular weight is 530 g/mol. The van der Waals surface area contributed by atoms with Gasteiger partial charge in [0.2, 0.25) is 5.91 Å². The maximum Gasteiger partial charge on any atom is 0.408 e. The van der Waals surface area contributed by atoms with Crippen LogP contribution < -0.4 is 10.6 Å². The van der Waals surface area contributed by atoms with Crippen LogP contribution in [0.25, 0.3) is 10.8 Å². The van der Waals surface area contributed by atoms with Crippen molar-refractivity contribution in [1.29, 1.82) is 0 Å². The van der Waals surface area contributed by atoms with Crippen LogP contribution in [-0.2, 0) is 14.3 Å². The number of carbonyl (C=O) groups excluding carboxylic acids is 3. The smallest absolute Gasteiger partial charge is 0.408 e. The molecule has 0 heterocycles. The van der Waals surface area contributed by atoms with Gasteiger partial charge in [0.25, 0.3) is 5.91 Å². The monoisotopic (exact) mass is 529 g/mol. The van der Waals surface area contributed by atoms with E-state index >= 15 is 0 Å². The van der Waals surface area contributed by atoms with E-state index in [0.29, 0.717) is 17.7 Å². The molecule has 39 heavy (non-hydrogen) atoms. The van der Waals surface area contributed by atoms with Crippen LogP contribution in [0.15, 0.2) is 85.5 Å². The van der Waals surface area contributed by atoms with Crippen LogP contribution in [0.3, 0.4) is 0 Å². The summed E-state index contributed by atoms with van der Waals surface area (Å²) in [5, 5.41) is 7.79. The van der Waals surface area contributed by atoms with Gasteiger partial charge in [-0.3, -0.25) is 9.59 Å². The molecule has 0 fully saturated rings. The second-order valence-electron chi connectivity index (χ2n) is 11.0. The lowest BCUT2D eigenvalue weighted by Crippen LogP contribution is -2.52. The minimum absolute atomic E-state index is 0.0982. The number of hydrogen-bond donors (Lipinski definition) is 2. The topological polar surface area (TPSA) is 87.7 Å². The molecule has 0 saturated heterocycles. The number of benzene rings is 3. The van der Waals surface area contributed by atoms with Crippen LogP contribution in [0.5, 0.6) is 0 Å². The van der Waals surface area contributed by atoms with Crippen molar-refractivity contribution in [3.05, 3.63) is 91.0 Å². The van der Waals surface area contributed by atoms with Crippen LogP contribution in [0.2, 0.25) is 0 Å². The van der Waals surface area contributed by atoms with Crippen molar-refractivity contribution in [3.8, 4) is 0 Å². The van der Waals surface area contributed by atoms with Gasteiger partial charge in [-0.1, -0.05) is 80.6 Å². The van der Waals surface area contributed by atoms with Crippen LogP contribution in [0.4, 0.5) is 10.5 Å². The lowest BCUT2D eigenvalue weighted by atomic mass is 9.99. The van der Waals surface area contributed by atoms with E-state index in [2.05, 4.69) is 17.2 Å². The summed E-state index contributed by atoms with van der Waals surface area (Å²) in [7, 11) is 0. The molecule has 0 aliphatic carbocycles. The van der Waals surface area contributed by atoms with Crippen LogP contribution >= 0.6 is 0 Å². The number of rotatable bonds is 10. The summed E-state index contributed by atoms with van der Waals surface area (Å²) in [5.74, 6) is -0.662. The molecule has 3 aromatic carbocycles. The van der Waals surface area contributed by atoms with Crippen LogP contribution in [0.1, 0.15) is 52.6 Å². The fraction of sp³-hybridized carbons (Fsp3) is 0.344. The highest BCUT2D eigenvalue weighted by Gasteiger charge is 2.36. The van der Waals surface area contributed by atoms with Crippen molar-refractivity contribution in [2.75, 3.05) is 11.9 Å². The van der Waals surface area contributed by atoms with Crippen LogP contribution in [-0.4, -0.2) is 41.0 Å². The molecule has 2 unspecified atom stereocenters. The van der Waals surface area contributed by atoms with Gasteiger partial charge >= 0.3 is 6.09 Å². The number of hydrogen-bond acceptors (Lipinski definition) is 4. The Kier molecular flexibility index (Phi) is 9.88. The van der Waals surface area contributed by atoms with Gasteiger partial charge in [0.15, 0.2) is 0 Å². The van der Waals surface area contributed by atoms with E-state index in [0.717, 1.165) is 10.8 Å². The first kappa shape index (κ1) is 29.4. The molecule has 0 saturated carbocycles. The Morgan fingerprint density at radius 1 is 0.949 bits per heavy atom.